The van der Waals surface area contributed by atoms with Gasteiger partial charge in [0, 0.05) is 43.6 Å². The molecule has 1 saturated carbocycles. The third-order valence-corrected chi connectivity index (χ3v) is 6.43. The first kappa shape index (κ1) is 18.9. The van der Waals surface area contributed by atoms with Gasteiger partial charge in [0.25, 0.3) is 5.91 Å². The van der Waals surface area contributed by atoms with Crippen molar-refractivity contribution >= 4 is 5.91 Å². The number of amides is 1. The molecule has 3 atom stereocenters. The smallest absolute Gasteiger partial charge is 0.251 e. The summed E-state index contributed by atoms with van der Waals surface area (Å²) in [7, 11) is 0. The van der Waals surface area contributed by atoms with E-state index < -0.39 is 0 Å². The lowest BCUT2D eigenvalue weighted by atomic mass is 9.80. The summed E-state index contributed by atoms with van der Waals surface area (Å²) in [5.74, 6) is 1.68. The molecule has 1 amide bonds. The second-order valence-electron chi connectivity index (χ2n) is 8.50. The van der Waals surface area contributed by atoms with Crippen LogP contribution in [-0.4, -0.2) is 45.1 Å². The standard InChI is InChI=1S/C23H25N5O2/c1-16-25-22(30-27-16)23-12-20(26-21(29)18-7-9-24-10-8-18)11-19(23)14-28(15-23)13-17-5-3-2-4-6-17/h2-10,19-20H,11-15H2,1H3,(H,26,29)/t19-,20+,23-/m0/s1. The Morgan fingerprint density at radius 1 is 1.23 bits per heavy atom. The minimum absolute atomic E-state index is 0.0552. The van der Waals surface area contributed by atoms with Crippen LogP contribution >= 0.6 is 0 Å². The maximum atomic E-state index is 12.7. The summed E-state index contributed by atoms with van der Waals surface area (Å²) >= 11 is 0. The molecule has 0 unspecified atom stereocenters. The zero-order valence-electron chi connectivity index (χ0n) is 17.0. The molecule has 5 rings (SSSR count). The minimum Gasteiger partial charge on any atom is -0.349 e. The molecular formula is C23H25N5O2. The van der Waals surface area contributed by atoms with Gasteiger partial charge in [0.2, 0.25) is 5.89 Å². The van der Waals surface area contributed by atoms with Crippen LogP contribution in [0.25, 0.3) is 0 Å². The van der Waals surface area contributed by atoms with Crippen molar-refractivity contribution in [1.82, 2.24) is 25.3 Å². The zero-order valence-corrected chi connectivity index (χ0v) is 17.0. The van der Waals surface area contributed by atoms with Crippen molar-refractivity contribution in [1.29, 1.82) is 0 Å². The van der Waals surface area contributed by atoms with E-state index in [0.29, 0.717) is 23.2 Å². The summed E-state index contributed by atoms with van der Waals surface area (Å²) in [6.45, 7) is 4.57. The molecule has 0 radical (unpaired) electrons. The van der Waals surface area contributed by atoms with Crippen LogP contribution in [0.1, 0.15) is 40.5 Å². The van der Waals surface area contributed by atoms with Crippen LogP contribution < -0.4 is 5.32 Å². The quantitative estimate of drug-likeness (QED) is 0.705. The highest BCUT2D eigenvalue weighted by molar-refractivity contribution is 5.94. The second-order valence-corrected chi connectivity index (χ2v) is 8.50. The van der Waals surface area contributed by atoms with Gasteiger partial charge in [0.1, 0.15) is 0 Å². The van der Waals surface area contributed by atoms with Crippen LogP contribution in [0.2, 0.25) is 0 Å². The van der Waals surface area contributed by atoms with Gasteiger partial charge in [-0.1, -0.05) is 35.5 Å². The highest BCUT2D eigenvalue weighted by atomic mass is 16.5. The van der Waals surface area contributed by atoms with Gasteiger partial charge in [-0.15, -0.1) is 0 Å². The molecule has 1 saturated heterocycles. The van der Waals surface area contributed by atoms with E-state index in [-0.39, 0.29) is 17.4 Å². The molecule has 2 aromatic heterocycles. The van der Waals surface area contributed by atoms with Gasteiger partial charge in [0.05, 0.1) is 5.41 Å². The van der Waals surface area contributed by atoms with Crippen LogP contribution in [0.4, 0.5) is 0 Å². The van der Waals surface area contributed by atoms with Crippen LogP contribution in [0.15, 0.2) is 59.4 Å². The first-order valence-electron chi connectivity index (χ1n) is 10.4. The molecule has 1 N–H and O–H groups in total. The molecule has 2 fully saturated rings. The van der Waals surface area contributed by atoms with Gasteiger partial charge in [-0.3, -0.25) is 14.7 Å². The van der Waals surface area contributed by atoms with Crippen molar-refractivity contribution < 1.29 is 9.32 Å². The third kappa shape index (κ3) is 3.50. The van der Waals surface area contributed by atoms with E-state index in [1.165, 1.54) is 5.56 Å². The fourth-order valence-electron chi connectivity index (χ4n) is 5.15. The highest BCUT2D eigenvalue weighted by Gasteiger charge is 2.57. The maximum Gasteiger partial charge on any atom is 0.251 e. The van der Waals surface area contributed by atoms with E-state index in [1.54, 1.807) is 24.5 Å². The number of carbonyl (C=O) groups excluding carboxylic acids is 1. The first-order chi connectivity index (χ1) is 14.6. The fraction of sp³-hybridized carbons (Fsp3) is 0.391. The Labute approximate surface area is 175 Å². The molecule has 3 aromatic rings. The molecule has 3 heterocycles. The number of carbonyl (C=O) groups is 1. The van der Waals surface area contributed by atoms with Gasteiger partial charge in [-0.2, -0.15) is 4.98 Å². The van der Waals surface area contributed by atoms with E-state index in [1.807, 2.05) is 13.0 Å². The lowest BCUT2D eigenvalue weighted by Gasteiger charge is -2.25. The van der Waals surface area contributed by atoms with Crippen LogP contribution in [0.3, 0.4) is 0 Å². The number of hydrogen-bond acceptors (Lipinski definition) is 6. The van der Waals surface area contributed by atoms with Crippen molar-refractivity contribution in [3.8, 4) is 0 Å². The van der Waals surface area contributed by atoms with E-state index in [2.05, 4.69) is 49.6 Å². The van der Waals surface area contributed by atoms with Crippen molar-refractivity contribution in [3.63, 3.8) is 0 Å². The Hall–Kier alpha value is -3.06. The number of pyridine rings is 1. The Bertz CT molecular complexity index is 1020. The Balaban J connectivity index is 1.35. The van der Waals surface area contributed by atoms with Crippen LogP contribution in [0.5, 0.6) is 0 Å². The van der Waals surface area contributed by atoms with Crippen LogP contribution in [0, 0.1) is 12.8 Å². The third-order valence-electron chi connectivity index (χ3n) is 6.43. The predicted octanol–water partition coefficient (Wildman–Crippen LogP) is 2.74. The molecule has 1 aromatic carbocycles. The number of nitrogens with one attached hydrogen (secondary N) is 1. The zero-order chi connectivity index (χ0) is 20.6. The number of hydrogen-bond donors (Lipinski definition) is 1. The van der Waals surface area contributed by atoms with E-state index in [9.17, 15) is 4.79 Å². The van der Waals surface area contributed by atoms with Crippen LogP contribution in [-0.2, 0) is 12.0 Å². The summed E-state index contributed by atoms with van der Waals surface area (Å²) in [6.07, 6.45) is 5.00. The van der Waals surface area contributed by atoms with Gasteiger partial charge >= 0.3 is 0 Å². The fourth-order valence-corrected chi connectivity index (χ4v) is 5.15. The number of rotatable bonds is 5. The summed E-state index contributed by atoms with van der Waals surface area (Å²) < 4.78 is 5.68. The minimum atomic E-state index is -0.216. The molecule has 7 nitrogen and oxygen atoms in total. The molecular weight excluding hydrogens is 378 g/mol. The Kier molecular flexibility index (Phi) is 4.83. The largest absolute Gasteiger partial charge is 0.349 e. The predicted molar refractivity (Wildman–Crippen MR) is 111 cm³/mol. The number of nitrogens with zero attached hydrogens (tertiary/aromatic N) is 4. The lowest BCUT2D eigenvalue weighted by molar-refractivity contribution is 0.0933. The molecule has 2 aliphatic rings. The molecule has 0 spiro atoms. The monoisotopic (exact) mass is 403 g/mol. The SMILES string of the molecule is Cc1noc([C@]23C[C@H](NC(=O)c4ccncc4)C[C@H]2CN(Cc2ccccc2)C3)n1. The normalized spacial score (nSPS) is 25.9. The number of aromatic nitrogens is 3. The van der Waals surface area contributed by atoms with Gasteiger partial charge in [0.15, 0.2) is 5.82 Å². The van der Waals surface area contributed by atoms with Gasteiger partial charge in [-0.05, 0) is 43.4 Å². The highest BCUT2D eigenvalue weighted by Crippen LogP contribution is 2.50. The topological polar surface area (TPSA) is 84.2 Å². The summed E-state index contributed by atoms with van der Waals surface area (Å²) in [5.41, 5.74) is 1.72. The molecule has 30 heavy (non-hydrogen) atoms. The van der Waals surface area contributed by atoms with Crippen molar-refractivity contribution in [2.24, 2.45) is 5.92 Å². The summed E-state index contributed by atoms with van der Waals surface area (Å²) in [5, 5.41) is 7.27. The van der Waals surface area contributed by atoms with Crippen molar-refractivity contribution in [2.45, 2.75) is 37.8 Å². The number of aryl methyl sites for hydroxylation is 1. The van der Waals surface area contributed by atoms with Crippen molar-refractivity contribution in [2.75, 3.05) is 13.1 Å². The number of benzene rings is 1. The maximum absolute atomic E-state index is 12.7. The van der Waals surface area contributed by atoms with Gasteiger partial charge < -0.3 is 9.84 Å². The van der Waals surface area contributed by atoms with E-state index >= 15 is 0 Å². The molecule has 0 bridgehead atoms. The first-order valence-corrected chi connectivity index (χ1v) is 10.4. The molecule has 154 valence electrons. The van der Waals surface area contributed by atoms with Gasteiger partial charge in [-0.25, -0.2) is 0 Å². The Morgan fingerprint density at radius 3 is 2.77 bits per heavy atom. The molecule has 1 aliphatic carbocycles. The summed E-state index contributed by atoms with van der Waals surface area (Å²) in [6, 6.07) is 14.1. The Morgan fingerprint density at radius 2 is 2.03 bits per heavy atom. The average molecular weight is 403 g/mol. The van der Waals surface area contributed by atoms with Crippen molar-refractivity contribution in [3.05, 3.63) is 77.7 Å². The lowest BCUT2D eigenvalue weighted by Crippen LogP contribution is -2.38. The number of likely N-dealkylation sites (tertiary alicyclic amines) is 1. The van der Waals surface area contributed by atoms with E-state index in [0.717, 1.165) is 32.5 Å². The second kappa shape index (κ2) is 7.65. The van der Waals surface area contributed by atoms with E-state index in [4.69, 9.17) is 4.52 Å². The molecule has 7 heteroatoms. The summed E-state index contributed by atoms with van der Waals surface area (Å²) in [4.78, 5) is 23.7. The average Bonchev–Trinajstić information content (AvgIpc) is 3.42. The number of fused-ring (bicyclic) bond motifs is 1. The molecule has 1 aliphatic heterocycles.